The zero-order valence-corrected chi connectivity index (χ0v) is 39.4. The Bertz CT molecular complexity index is 2270. The molecule has 0 spiro atoms. The first-order valence-corrected chi connectivity index (χ1v) is 27.6. The Labute approximate surface area is 364 Å². The molecule has 7 rings (SSSR count). The number of nitrogens with zero attached hydrogens (tertiary/aromatic N) is 9. The number of benzene rings is 1. The molecule has 1 N–H and O–H groups in total. The Kier molecular flexibility index (Phi) is 13.3. The third-order valence-corrected chi connectivity index (χ3v) is 15.3. The molecular weight excluding hydrogens is 834 g/mol. The Morgan fingerprint density at radius 3 is 2.45 bits per heavy atom. The van der Waals surface area contributed by atoms with E-state index in [0.717, 1.165) is 30.9 Å². The zero-order chi connectivity index (χ0) is 44.7. The number of aliphatic hydroxyl groups excluding tert-OH is 1. The summed E-state index contributed by atoms with van der Waals surface area (Å²) in [4.78, 5) is 26.9. The van der Waals surface area contributed by atoms with Crippen molar-refractivity contribution in [2.75, 3.05) is 38.1 Å². The lowest BCUT2D eigenvalue weighted by atomic mass is 9.91. The first-order valence-electron chi connectivity index (χ1n) is 21.3. The smallest absolute Gasteiger partial charge is 0.416 e. The number of tetrazole rings is 1. The molecule has 0 bridgehead atoms. The van der Waals surface area contributed by atoms with Crippen molar-refractivity contribution in [3.63, 3.8) is 0 Å². The number of carbonyl (C=O) groups excluding carboxylic acids is 1. The first kappa shape index (κ1) is 46.1. The van der Waals surface area contributed by atoms with Gasteiger partial charge < -0.3 is 38.1 Å². The molecule has 0 radical (unpaired) electrons. The first-order chi connectivity index (χ1) is 29.1. The van der Waals surface area contributed by atoms with Crippen LogP contribution in [0.25, 0.3) is 23.2 Å². The summed E-state index contributed by atoms with van der Waals surface area (Å²) in [7, 11) is -4.50. The maximum Gasteiger partial charge on any atom is 0.416 e. The van der Waals surface area contributed by atoms with Crippen LogP contribution in [0.2, 0.25) is 25.7 Å². The van der Waals surface area contributed by atoms with Gasteiger partial charge in [-0.25, -0.2) is 19.4 Å². The standard InChI is InChI=1S/C42H62N9O9PSi/c1-40(2,3)60-39(53)50(29-17-14-18-29)36-30-24-43-51(37(30)45-32(44-36)20-19-28-15-12-11-13-16-28)38-35-34(58-41(4,5)59-35)31(57-38)25-56-42(26-52,61(6,7)54)23-33-46-48-49(47-33)27-55-21-22-62(8,9)10/h11-13,15-16,19-20,24,29,31,34-35,38,52H,14,17-18,21-23,25-27H2,1-10H3/b20-19+/t31-,34-,35-,38-,42+/m1/s1. The molecule has 4 aromatic rings. The molecule has 3 aliphatic rings. The van der Waals surface area contributed by atoms with E-state index in [1.807, 2.05) is 71.0 Å². The molecule has 3 aromatic heterocycles. The van der Waals surface area contributed by atoms with Crippen LogP contribution >= 0.6 is 7.14 Å². The molecule has 62 heavy (non-hydrogen) atoms. The molecular formula is C42H62N9O9PSi. The Hall–Kier alpha value is -3.94. The van der Waals surface area contributed by atoms with Crippen LogP contribution in [0, 0.1) is 0 Å². The fraction of sp³-hybridized carbons (Fsp3) is 0.643. The van der Waals surface area contributed by atoms with E-state index in [1.165, 1.54) is 4.80 Å². The van der Waals surface area contributed by atoms with Crippen molar-refractivity contribution < 1.29 is 42.9 Å². The lowest BCUT2D eigenvalue weighted by molar-refractivity contribution is -0.206. The van der Waals surface area contributed by atoms with E-state index in [9.17, 15) is 14.5 Å². The maximum absolute atomic E-state index is 14.0. The summed E-state index contributed by atoms with van der Waals surface area (Å²) in [6.07, 6.45) is 4.35. The molecule has 1 saturated carbocycles. The molecule has 1 aliphatic carbocycles. The molecule has 2 saturated heterocycles. The summed E-state index contributed by atoms with van der Waals surface area (Å²) in [5, 5.41) is 27.4. The topological polar surface area (TPSA) is 200 Å². The van der Waals surface area contributed by atoms with Crippen LogP contribution in [0.15, 0.2) is 36.5 Å². The average molecular weight is 896 g/mol. The molecule has 5 heterocycles. The summed E-state index contributed by atoms with van der Waals surface area (Å²) in [5.74, 6) is -0.0237. The second-order valence-electron chi connectivity index (χ2n) is 19.4. The van der Waals surface area contributed by atoms with E-state index in [2.05, 4.69) is 35.1 Å². The largest absolute Gasteiger partial charge is 0.443 e. The number of ether oxygens (including phenoxy) is 6. The van der Waals surface area contributed by atoms with Crippen LogP contribution in [0.5, 0.6) is 0 Å². The lowest BCUT2D eigenvalue weighted by Gasteiger charge is -2.37. The van der Waals surface area contributed by atoms with Crippen molar-refractivity contribution in [1.82, 2.24) is 40.0 Å². The average Bonchev–Trinajstić information content (AvgIpc) is 3.94. The Morgan fingerprint density at radius 2 is 1.81 bits per heavy atom. The van der Waals surface area contributed by atoms with E-state index in [4.69, 9.17) is 43.5 Å². The van der Waals surface area contributed by atoms with Crippen LogP contribution in [-0.2, 0) is 46.1 Å². The molecule has 18 nitrogen and oxygen atoms in total. The highest BCUT2D eigenvalue weighted by Gasteiger charge is 2.57. The van der Waals surface area contributed by atoms with Gasteiger partial charge in [-0.1, -0.05) is 56.0 Å². The van der Waals surface area contributed by atoms with E-state index in [1.54, 1.807) is 35.2 Å². The quantitative estimate of drug-likeness (QED) is 0.0677. The predicted octanol–water partition coefficient (Wildman–Crippen LogP) is 6.58. The Morgan fingerprint density at radius 1 is 1.08 bits per heavy atom. The van der Waals surface area contributed by atoms with Crippen molar-refractivity contribution in [3.05, 3.63) is 53.7 Å². The molecule has 20 heteroatoms. The van der Waals surface area contributed by atoms with E-state index in [-0.39, 0.29) is 31.6 Å². The van der Waals surface area contributed by atoms with Gasteiger partial charge in [0.1, 0.15) is 31.1 Å². The van der Waals surface area contributed by atoms with Crippen molar-refractivity contribution in [2.24, 2.45) is 0 Å². The van der Waals surface area contributed by atoms with Crippen LogP contribution in [-0.4, -0.2) is 133 Å². The fourth-order valence-corrected chi connectivity index (χ4v) is 9.55. The predicted molar refractivity (Wildman–Crippen MR) is 236 cm³/mol. The van der Waals surface area contributed by atoms with Gasteiger partial charge in [-0.3, -0.25) is 4.90 Å². The van der Waals surface area contributed by atoms with Gasteiger partial charge in [0.05, 0.1) is 24.8 Å². The zero-order valence-electron chi connectivity index (χ0n) is 37.6. The highest BCUT2D eigenvalue weighted by Crippen LogP contribution is 2.54. The molecule has 3 fully saturated rings. The third-order valence-electron chi connectivity index (χ3n) is 11.2. The van der Waals surface area contributed by atoms with Gasteiger partial charge in [0.25, 0.3) is 0 Å². The summed E-state index contributed by atoms with van der Waals surface area (Å²) in [6, 6.07) is 10.7. The minimum atomic E-state index is -3.22. The van der Waals surface area contributed by atoms with Gasteiger partial charge in [0.2, 0.25) is 0 Å². The summed E-state index contributed by atoms with van der Waals surface area (Å²) in [5.41, 5.74) is 0.613. The second kappa shape index (κ2) is 17.9. The molecule has 2 aliphatic heterocycles. The van der Waals surface area contributed by atoms with Crippen molar-refractivity contribution >= 4 is 50.3 Å². The number of amides is 1. The normalized spacial score (nSPS) is 22.8. The minimum absolute atomic E-state index is 0.0757. The van der Waals surface area contributed by atoms with Gasteiger partial charge in [0, 0.05) is 27.1 Å². The highest BCUT2D eigenvalue weighted by atomic mass is 31.2. The minimum Gasteiger partial charge on any atom is -0.443 e. The van der Waals surface area contributed by atoms with Crippen molar-refractivity contribution in [3.8, 4) is 0 Å². The maximum atomic E-state index is 14.0. The van der Waals surface area contributed by atoms with E-state index >= 15 is 0 Å². The van der Waals surface area contributed by atoms with Crippen LogP contribution in [0.3, 0.4) is 0 Å². The SMILES string of the molecule is CC(C)(C)OC(=O)N(c1nc(/C=C/c2ccccc2)nc2c1cnn2[C@@H]1O[C@H](CO[C@@](CO)(Cc2nnn(COCC[Si](C)(C)C)n2)P(C)(C)=O)[C@H]2OC(C)(C)O[C@H]21)C1CCC1. The molecule has 0 unspecified atom stereocenters. The van der Waals surface area contributed by atoms with Gasteiger partial charge in [0.15, 0.2) is 47.2 Å². The monoisotopic (exact) mass is 895 g/mol. The van der Waals surface area contributed by atoms with Gasteiger partial charge in [-0.2, -0.15) is 5.10 Å². The number of fused-ring (bicyclic) bond motifs is 2. The van der Waals surface area contributed by atoms with Crippen LogP contribution in [0.4, 0.5) is 10.6 Å². The highest BCUT2D eigenvalue weighted by molar-refractivity contribution is 7.63. The van der Waals surface area contributed by atoms with Crippen LogP contribution < -0.4 is 4.90 Å². The molecule has 5 atom stereocenters. The summed E-state index contributed by atoms with van der Waals surface area (Å²) < 4.78 is 53.6. The van der Waals surface area contributed by atoms with Crippen molar-refractivity contribution in [1.29, 1.82) is 0 Å². The molecule has 1 amide bonds. The van der Waals surface area contributed by atoms with E-state index < -0.39 is 69.2 Å². The third kappa shape index (κ3) is 10.5. The number of rotatable bonds is 17. The van der Waals surface area contributed by atoms with Gasteiger partial charge >= 0.3 is 6.09 Å². The van der Waals surface area contributed by atoms with Gasteiger partial charge in [-0.15, -0.1) is 15.0 Å². The lowest BCUT2D eigenvalue weighted by Crippen LogP contribution is -2.47. The Balaban J connectivity index is 1.19. The van der Waals surface area contributed by atoms with Gasteiger partial charge in [-0.05, 0) is 90.1 Å². The number of carbonyl (C=O) groups is 1. The molecule has 338 valence electrons. The molecule has 1 aromatic carbocycles. The number of hydrogen-bond donors (Lipinski definition) is 1. The number of anilines is 1. The number of aliphatic hydroxyl groups is 1. The van der Waals surface area contributed by atoms with Crippen LogP contribution in [0.1, 0.15) is 77.3 Å². The summed E-state index contributed by atoms with van der Waals surface area (Å²) >= 11 is 0. The van der Waals surface area contributed by atoms with E-state index in [0.29, 0.717) is 29.3 Å². The summed E-state index contributed by atoms with van der Waals surface area (Å²) in [6.45, 7) is 19.1. The second-order valence-corrected chi connectivity index (χ2v) is 28.5. The fourth-order valence-electron chi connectivity index (χ4n) is 7.54. The number of hydrogen-bond acceptors (Lipinski definition) is 15. The number of aromatic nitrogens is 8. The van der Waals surface area contributed by atoms with Crippen molar-refractivity contribution in [2.45, 2.75) is 140 Å².